The first-order valence-corrected chi connectivity index (χ1v) is 6.91. The Morgan fingerprint density at radius 3 is 2.81 bits per heavy atom. The molecule has 0 fully saturated rings. The lowest BCUT2D eigenvalue weighted by molar-refractivity contribution is 0.218. The predicted molar refractivity (Wildman–Crippen MR) is 75.9 cm³/mol. The highest BCUT2D eigenvalue weighted by atomic mass is 127. The Morgan fingerprint density at radius 1 is 1.31 bits per heavy atom. The third-order valence-electron chi connectivity index (χ3n) is 2.15. The third-order valence-corrected chi connectivity index (χ3v) is 3.78. The van der Waals surface area contributed by atoms with Crippen molar-refractivity contribution in [1.82, 2.24) is 0 Å². The molecule has 4 heteroatoms. The second-order valence-corrected chi connectivity index (χ2v) is 5.54. The van der Waals surface area contributed by atoms with Gasteiger partial charge in [-0.05, 0) is 52.2 Å². The Labute approximate surface area is 113 Å². The molecule has 1 atom stereocenters. The molecular weight excluding hydrogens is 333 g/mol. The first kappa shape index (κ1) is 11.9. The maximum absolute atomic E-state index is 5.87. The van der Waals surface area contributed by atoms with Gasteiger partial charge < -0.3 is 10.5 Å². The average molecular weight is 345 g/mol. The van der Waals surface area contributed by atoms with Crippen LogP contribution in [0.5, 0.6) is 5.75 Å². The molecule has 2 aromatic rings. The van der Waals surface area contributed by atoms with E-state index in [0.717, 1.165) is 9.32 Å². The molecule has 0 bridgehead atoms. The van der Waals surface area contributed by atoms with Crippen molar-refractivity contribution in [3.63, 3.8) is 0 Å². The molecule has 0 amide bonds. The van der Waals surface area contributed by atoms with Gasteiger partial charge in [0, 0.05) is 15.0 Å². The SMILES string of the molecule is NCC(Oc1cccc(I)c1)c1cccs1. The molecule has 1 heterocycles. The molecule has 0 spiro atoms. The van der Waals surface area contributed by atoms with E-state index in [9.17, 15) is 0 Å². The van der Waals surface area contributed by atoms with Gasteiger partial charge in [-0.1, -0.05) is 12.1 Å². The van der Waals surface area contributed by atoms with Crippen molar-refractivity contribution >= 4 is 33.9 Å². The highest BCUT2D eigenvalue weighted by Gasteiger charge is 2.12. The number of hydrogen-bond donors (Lipinski definition) is 1. The Balaban J connectivity index is 2.13. The lowest BCUT2D eigenvalue weighted by Crippen LogP contribution is -2.17. The van der Waals surface area contributed by atoms with Gasteiger partial charge in [0.1, 0.15) is 11.9 Å². The summed E-state index contributed by atoms with van der Waals surface area (Å²) >= 11 is 3.94. The Kier molecular flexibility index (Phi) is 4.20. The summed E-state index contributed by atoms with van der Waals surface area (Å²) in [7, 11) is 0. The molecule has 2 rings (SSSR count). The van der Waals surface area contributed by atoms with Crippen LogP contribution < -0.4 is 10.5 Å². The van der Waals surface area contributed by atoms with Gasteiger partial charge in [0.2, 0.25) is 0 Å². The normalized spacial score (nSPS) is 12.4. The Hall–Kier alpha value is -0.590. The van der Waals surface area contributed by atoms with E-state index in [1.165, 1.54) is 4.88 Å². The van der Waals surface area contributed by atoms with Gasteiger partial charge in [-0.15, -0.1) is 11.3 Å². The van der Waals surface area contributed by atoms with Crippen LogP contribution in [0.1, 0.15) is 11.0 Å². The molecular formula is C12H12INOS. The van der Waals surface area contributed by atoms with Crippen LogP contribution in [0.15, 0.2) is 41.8 Å². The lowest BCUT2D eigenvalue weighted by Gasteiger charge is -2.16. The number of halogens is 1. The van der Waals surface area contributed by atoms with E-state index in [1.54, 1.807) is 11.3 Å². The second-order valence-electron chi connectivity index (χ2n) is 3.31. The fourth-order valence-electron chi connectivity index (χ4n) is 1.40. The average Bonchev–Trinajstić information content (AvgIpc) is 2.79. The topological polar surface area (TPSA) is 35.2 Å². The molecule has 2 N–H and O–H groups in total. The Morgan fingerprint density at radius 2 is 2.19 bits per heavy atom. The first-order chi connectivity index (χ1) is 7.79. The highest BCUT2D eigenvalue weighted by Crippen LogP contribution is 2.25. The van der Waals surface area contributed by atoms with E-state index < -0.39 is 0 Å². The largest absolute Gasteiger partial charge is 0.484 e. The van der Waals surface area contributed by atoms with E-state index in [-0.39, 0.29) is 6.10 Å². The zero-order valence-electron chi connectivity index (χ0n) is 8.60. The van der Waals surface area contributed by atoms with Crippen molar-refractivity contribution in [1.29, 1.82) is 0 Å². The lowest BCUT2D eigenvalue weighted by atomic mass is 10.3. The number of ether oxygens (including phenoxy) is 1. The van der Waals surface area contributed by atoms with Gasteiger partial charge >= 0.3 is 0 Å². The fourth-order valence-corrected chi connectivity index (χ4v) is 2.68. The number of rotatable bonds is 4. The van der Waals surface area contributed by atoms with E-state index in [0.29, 0.717) is 6.54 Å². The van der Waals surface area contributed by atoms with Gasteiger partial charge in [0.25, 0.3) is 0 Å². The van der Waals surface area contributed by atoms with Gasteiger partial charge in [0.05, 0.1) is 0 Å². The summed E-state index contributed by atoms with van der Waals surface area (Å²) in [5.74, 6) is 0.871. The molecule has 84 valence electrons. The Bertz CT molecular complexity index is 444. The summed E-state index contributed by atoms with van der Waals surface area (Å²) in [4.78, 5) is 1.17. The number of hydrogen-bond acceptors (Lipinski definition) is 3. The summed E-state index contributed by atoms with van der Waals surface area (Å²) in [5, 5.41) is 2.04. The zero-order chi connectivity index (χ0) is 11.4. The highest BCUT2D eigenvalue weighted by molar-refractivity contribution is 14.1. The van der Waals surface area contributed by atoms with Crippen LogP contribution in [0.3, 0.4) is 0 Å². The van der Waals surface area contributed by atoms with Gasteiger partial charge in [0.15, 0.2) is 0 Å². The summed E-state index contributed by atoms with van der Waals surface area (Å²) in [6.07, 6.45) is -0.0433. The number of benzene rings is 1. The summed E-state index contributed by atoms with van der Waals surface area (Å²) in [6, 6.07) is 12.1. The van der Waals surface area contributed by atoms with E-state index in [2.05, 4.69) is 28.7 Å². The third kappa shape index (κ3) is 2.96. The van der Waals surface area contributed by atoms with E-state index in [4.69, 9.17) is 10.5 Å². The van der Waals surface area contributed by atoms with E-state index >= 15 is 0 Å². The number of thiophene rings is 1. The molecule has 1 aromatic heterocycles. The monoisotopic (exact) mass is 345 g/mol. The van der Waals surface area contributed by atoms with Gasteiger partial charge in [-0.25, -0.2) is 0 Å². The minimum Gasteiger partial charge on any atom is -0.484 e. The van der Waals surface area contributed by atoms with Crippen molar-refractivity contribution in [3.8, 4) is 5.75 Å². The molecule has 0 radical (unpaired) electrons. The maximum Gasteiger partial charge on any atom is 0.145 e. The minimum absolute atomic E-state index is 0.0433. The van der Waals surface area contributed by atoms with E-state index in [1.807, 2.05) is 35.7 Å². The summed E-state index contributed by atoms with van der Waals surface area (Å²) in [6.45, 7) is 0.492. The molecule has 0 aliphatic carbocycles. The van der Waals surface area contributed by atoms with Crippen molar-refractivity contribution in [3.05, 3.63) is 50.2 Å². The molecule has 1 aromatic carbocycles. The molecule has 0 aliphatic heterocycles. The minimum atomic E-state index is -0.0433. The molecule has 0 aliphatic rings. The van der Waals surface area contributed by atoms with Crippen LogP contribution in [0.4, 0.5) is 0 Å². The first-order valence-electron chi connectivity index (χ1n) is 4.95. The van der Waals surface area contributed by atoms with Gasteiger partial charge in [-0.3, -0.25) is 0 Å². The van der Waals surface area contributed by atoms with Crippen molar-refractivity contribution in [2.24, 2.45) is 5.73 Å². The van der Waals surface area contributed by atoms with Crippen molar-refractivity contribution < 1.29 is 4.74 Å². The smallest absolute Gasteiger partial charge is 0.145 e. The van der Waals surface area contributed by atoms with Crippen LogP contribution >= 0.6 is 33.9 Å². The predicted octanol–water partition coefficient (Wildman–Crippen LogP) is 3.43. The van der Waals surface area contributed by atoms with Crippen LogP contribution in [-0.4, -0.2) is 6.54 Å². The number of nitrogens with two attached hydrogens (primary N) is 1. The van der Waals surface area contributed by atoms with Crippen molar-refractivity contribution in [2.45, 2.75) is 6.10 Å². The summed E-state index contributed by atoms with van der Waals surface area (Å²) in [5.41, 5.74) is 5.73. The molecule has 0 saturated heterocycles. The van der Waals surface area contributed by atoms with Crippen LogP contribution in [0.25, 0.3) is 0 Å². The van der Waals surface area contributed by atoms with Crippen molar-refractivity contribution in [2.75, 3.05) is 6.54 Å². The second kappa shape index (κ2) is 5.65. The zero-order valence-corrected chi connectivity index (χ0v) is 11.6. The van der Waals surface area contributed by atoms with Crippen LogP contribution in [0, 0.1) is 3.57 Å². The quantitative estimate of drug-likeness (QED) is 0.862. The maximum atomic E-state index is 5.87. The molecule has 0 saturated carbocycles. The molecule has 1 unspecified atom stereocenters. The van der Waals surface area contributed by atoms with Crippen LogP contribution in [-0.2, 0) is 0 Å². The summed E-state index contributed by atoms with van der Waals surface area (Å²) < 4.78 is 7.03. The molecule has 16 heavy (non-hydrogen) atoms. The standard InChI is InChI=1S/C12H12INOS/c13-9-3-1-4-10(7-9)15-11(8-14)12-5-2-6-16-12/h1-7,11H,8,14H2. The van der Waals surface area contributed by atoms with Gasteiger partial charge in [-0.2, -0.15) is 0 Å². The molecule has 2 nitrogen and oxygen atoms in total. The fraction of sp³-hybridized carbons (Fsp3) is 0.167. The van der Waals surface area contributed by atoms with Crippen LogP contribution in [0.2, 0.25) is 0 Å².